The lowest BCUT2D eigenvalue weighted by atomic mass is 10.1. The first-order valence-corrected chi connectivity index (χ1v) is 6.79. The number of anilines is 2. The van der Waals surface area contributed by atoms with Crippen LogP contribution in [-0.2, 0) is 0 Å². The molecule has 0 bridgehead atoms. The molecule has 3 aromatic rings. The maximum absolute atomic E-state index is 5.75. The second-order valence-electron chi connectivity index (χ2n) is 4.60. The molecule has 0 radical (unpaired) electrons. The van der Waals surface area contributed by atoms with Gasteiger partial charge in [0.2, 0.25) is 0 Å². The van der Waals surface area contributed by atoms with Gasteiger partial charge in [0.25, 0.3) is 0 Å². The SMILES string of the molecule is NC(=S)c1ccccc1Nc1ccc2ccccc2c1. The van der Waals surface area contributed by atoms with E-state index in [9.17, 15) is 0 Å². The zero-order valence-corrected chi connectivity index (χ0v) is 11.7. The van der Waals surface area contributed by atoms with Crippen LogP contribution >= 0.6 is 12.2 Å². The number of hydrogen-bond acceptors (Lipinski definition) is 2. The van der Waals surface area contributed by atoms with Gasteiger partial charge in [-0.05, 0) is 35.0 Å². The lowest BCUT2D eigenvalue weighted by Gasteiger charge is -2.11. The van der Waals surface area contributed by atoms with Crippen molar-refractivity contribution in [3.8, 4) is 0 Å². The fourth-order valence-corrected chi connectivity index (χ4v) is 2.41. The zero-order chi connectivity index (χ0) is 13.9. The molecule has 0 amide bonds. The quantitative estimate of drug-likeness (QED) is 0.705. The van der Waals surface area contributed by atoms with E-state index in [0.29, 0.717) is 4.99 Å². The topological polar surface area (TPSA) is 38.0 Å². The van der Waals surface area contributed by atoms with Gasteiger partial charge in [0.05, 0.1) is 0 Å². The predicted octanol–water partition coefficient (Wildman–Crippen LogP) is 4.22. The second kappa shape index (κ2) is 5.31. The summed E-state index contributed by atoms with van der Waals surface area (Å²) in [5.41, 5.74) is 8.55. The maximum Gasteiger partial charge on any atom is 0.106 e. The minimum absolute atomic E-state index is 0.397. The predicted molar refractivity (Wildman–Crippen MR) is 89.6 cm³/mol. The van der Waals surface area contributed by atoms with E-state index in [1.54, 1.807) is 0 Å². The molecule has 0 aliphatic rings. The van der Waals surface area contributed by atoms with Gasteiger partial charge >= 0.3 is 0 Å². The summed E-state index contributed by atoms with van der Waals surface area (Å²) in [5.74, 6) is 0. The van der Waals surface area contributed by atoms with Crippen molar-refractivity contribution >= 4 is 39.4 Å². The largest absolute Gasteiger partial charge is 0.389 e. The third-order valence-corrected chi connectivity index (χ3v) is 3.44. The van der Waals surface area contributed by atoms with Crippen molar-refractivity contribution in [2.45, 2.75) is 0 Å². The standard InChI is InChI=1S/C17H14N2S/c18-17(20)15-7-3-4-8-16(15)19-14-10-9-12-5-1-2-6-13(12)11-14/h1-11,19H,(H2,18,20). The van der Waals surface area contributed by atoms with Gasteiger partial charge in [-0.15, -0.1) is 0 Å². The van der Waals surface area contributed by atoms with E-state index >= 15 is 0 Å². The number of benzene rings is 3. The highest BCUT2D eigenvalue weighted by molar-refractivity contribution is 7.80. The Bertz CT molecular complexity index is 781. The summed E-state index contributed by atoms with van der Waals surface area (Å²) in [6, 6.07) is 22.3. The van der Waals surface area contributed by atoms with Crippen LogP contribution in [0.5, 0.6) is 0 Å². The van der Waals surface area contributed by atoms with Gasteiger partial charge in [0.15, 0.2) is 0 Å². The molecule has 0 aromatic heterocycles. The van der Waals surface area contributed by atoms with Crippen LogP contribution < -0.4 is 11.1 Å². The summed E-state index contributed by atoms with van der Waals surface area (Å²) < 4.78 is 0. The van der Waals surface area contributed by atoms with E-state index in [4.69, 9.17) is 18.0 Å². The molecule has 0 atom stereocenters. The monoisotopic (exact) mass is 278 g/mol. The van der Waals surface area contributed by atoms with E-state index in [0.717, 1.165) is 16.9 Å². The lowest BCUT2D eigenvalue weighted by molar-refractivity contribution is 1.53. The molecule has 2 nitrogen and oxygen atoms in total. The van der Waals surface area contributed by atoms with Crippen molar-refractivity contribution in [2.75, 3.05) is 5.32 Å². The van der Waals surface area contributed by atoms with E-state index in [2.05, 4.69) is 35.6 Å². The van der Waals surface area contributed by atoms with Crippen molar-refractivity contribution in [1.29, 1.82) is 0 Å². The van der Waals surface area contributed by atoms with Crippen molar-refractivity contribution in [3.63, 3.8) is 0 Å². The molecule has 3 aromatic carbocycles. The third-order valence-electron chi connectivity index (χ3n) is 3.22. The van der Waals surface area contributed by atoms with Crippen LogP contribution in [0, 0.1) is 0 Å². The highest BCUT2D eigenvalue weighted by atomic mass is 32.1. The van der Waals surface area contributed by atoms with Crippen molar-refractivity contribution in [3.05, 3.63) is 72.3 Å². The Morgan fingerprint density at radius 3 is 2.35 bits per heavy atom. The van der Waals surface area contributed by atoms with Crippen LogP contribution in [0.15, 0.2) is 66.7 Å². The molecule has 0 saturated heterocycles. The molecular formula is C17H14N2S. The molecule has 0 saturated carbocycles. The van der Waals surface area contributed by atoms with E-state index in [-0.39, 0.29) is 0 Å². The van der Waals surface area contributed by atoms with Gasteiger partial charge in [-0.3, -0.25) is 0 Å². The van der Waals surface area contributed by atoms with Gasteiger partial charge < -0.3 is 11.1 Å². The molecule has 0 aliphatic heterocycles. The summed E-state index contributed by atoms with van der Waals surface area (Å²) in [6.07, 6.45) is 0. The van der Waals surface area contributed by atoms with Crippen molar-refractivity contribution in [2.24, 2.45) is 5.73 Å². The van der Waals surface area contributed by atoms with Crippen LogP contribution in [0.3, 0.4) is 0 Å². The highest BCUT2D eigenvalue weighted by Crippen LogP contribution is 2.24. The van der Waals surface area contributed by atoms with Gasteiger partial charge in [-0.2, -0.15) is 0 Å². The lowest BCUT2D eigenvalue weighted by Crippen LogP contribution is -2.11. The van der Waals surface area contributed by atoms with Crippen molar-refractivity contribution in [1.82, 2.24) is 0 Å². The number of fused-ring (bicyclic) bond motifs is 1. The number of hydrogen-bond donors (Lipinski definition) is 2. The van der Waals surface area contributed by atoms with Crippen LogP contribution in [0.1, 0.15) is 5.56 Å². The Kier molecular flexibility index (Phi) is 3.35. The molecule has 0 heterocycles. The summed E-state index contributed by atoms with van der Waals surface area (Å²) in [6.45, 7) is 0. The van der Waals surface area contributed by atoms with Gasteiger partial charge in [-0.25, -0.2) is 0 Å². The number of rotatable bonds is 3. The van der Waals surface area contributed by atoms with E-state index < -0.39 is 0 Å². The molecule has 3 N–H and O–H groups in total. The summed E-state index contributed by atoms with van der Waals surface area (Å²) in [5, 5.41) is 5.80. The van der Waals surface area contributed by atoms with Gasteiger partial charge in [0, 0.05) is 16.9 Å². The fourth-order valence-electron chi connectivity index (χ4n) is 2.23. The number of para-hydroxylation sites is 1. The summed E-state index contributed by atoms with van der Waals surface area (Å²) in [4.78, 5) is 0.397. The molecule has 0 unspecified atom stereocenters. The molecule has 0 aliphatic carbocycles. The normalized spacial score (nSPS) is 10.4. The van der Waals surface area contributed by atoms with Crippen LogP contribution in [0.2, 0.25) is 0 Å². The molecule has 3 rings (SSSR count). The Morgan fingerprint density at radius 2 is 1.55 bits per heavy atom. The van der Waals surface area contributed by atoms with E-state index in [1.807, 2.05) is 36.4 Å². The first-order valence-electron chi connectivity index (χ1n) is 6.39. The minimum atomic E-state index is 0.397. The first kappa shape index (κ1) is 12.6. The Hall–Kier alpha value is -2.39. The maximum atomic E-state index is 5.75. The number of thiocarbonyl (C=S) groups is 1. The van der Waals surface area contributed by atoms with Crippen molar-refractivity contribution < 1.29 is 0 Å². The molecular weight excluding hydrogens is 264 g/mol. The number of nitrogens with one attached hydrogen (secondary N) is 1. The fraction of sp³-hybridized carbons (Fsp3) is 0. The van der Waals surface area contributed by atoms with Gasteiger partial charge in [-0.1, -0.05) is 54.7 Å². The Balaban J connectivity index is 1.99. The van der Waals surface area contributed by atoms with Crippen LogP contribution in [0.25, 0.3) is 10.8 Å². The second-order valence-corrected chi connectivity index (χ2v) is 5.04. The van der Waals surface area contributed by atoms with Crippen LogP contribution in [0.4, 0.5) is 11.4 Å². The van der Waals surface area contributed by atoms with E-state index in [1.165, 1.54) is 10.8 Å². The first-order chi connectivity index (χ1) is 9.74. The molecule has 98 valence electrons. The summed E-state index contributed by atoms with van der Waals surface area (Å²) >= 11 is 5.08. The smallest absolute Gasteiger partial charge is 0.106 e. The molecule has 0 fully saturated rings. The van der Waals surface area contributed by atoms with Gasteiger partial charge in [0.1, 0.15) is 4.99 Å². The Labute approximate surface area is 123 Å². The van der Waals surface area contributed by atoms with Crippen LogP contribution in [-0.4, -0.2) is 4.99 Å². The molecule has 20 heavy (non-hydrogen) atoms. The average Bonchev–Trinajstić information content (AvgIpc) is 2.47. The molecule has 0 spiro atoms. The number of nitrogens with two attached hydrogens (primary N) is 1. The average molecular weight is 278 g/mol. The third kappa shape index (κ3) is 2.49. The summed E-state index contributed by atoms with van der Waals surface area (Å²) in [7, 11) is 0. The zero-order valence-electron chi connectivity index (χ0n) is 10.8. The highest BCUT2D eigenvalue weighted by Gasteiger charge is 2.04. The molecule has 3 heteroatoms. The minimum Gasteiger partial charge on any atom is -0.389 e. The Morgan fingerprint density at radius 1 is 0.850 bits per heavy atom.